The van der Waals surface area contributed by atoms with E-state index in [0.29, 0.717) is 31.6 Å². The fraction of sp³-hybridized carbons (Fsp3) is 0.333. The molecule has 1 amide bonds. The zero-order valence-electron chi connectivity index (χ0n) is 12.2. The number of hydrogen-bond donors (Lipinski definition) is 1. The Kier molecular flexibility index (Phi) is 5.53. The molecule has 7 nitrogen and oxygen atoms in total. The molecular weight excluding hydrogens is 307 g/mol. The van der Waals surface area contributed by atoms with E-state index >= 15 is 0 Å². The normalized spacial score (nSPS) is 14.2. The van der Waals surface area contributed by atoms with Crippen molar-refractivity contribution in [3.63, 3.8) is 0 Å². The van der Waals surface area contributed by atoms with Gasteiger partial charge in [0.25, 0.3) is 11.6 Å². The van der Waals surface area contributed by atoms with E-state index in [0.717, 1.165) is 0 Å². The van der Waals surface area contributed by atoms with Gasteiger partial charge in [-0.05, 0) is 24.5 Å². The van der Waals surface area contributed by atoms with Crippen LogP contribution in [0.4, 0.5) is 10.1 Å². The van der Waals surface area contributed by atoms with Crippen molar-refractivity contribution in [3.05, 3.63) is 51.3 Å². The molecule has 1 aromatic carbocycles. The number of carbonyl (C=O) groups excluding carboxylic acids is 2. The molecule has 0 unspecified atom stereocenters. The summed E-state index contributed by atoms with van der Waals surface area (Å²) in [4.78, 5) is 33.9. The van der Waals surface area contributed by atoms with Gasteiger partial charge in [0.05, 0.1) is 30.2 Å². The minimum absolute atomic E-state index is 0.128. The number of carbonyl (C=O) groups is 2. The molecule has 1 fully saturated rings. The number of halogens is 1. The third-order valence-corrected chi connectivity index (χ3v) is 3.42. The van der Waals surface area contributed by atoms with Crippen molar-refractivity contribution in [2.45, 2.75) is 12.8 Å². The molecule has 0 radical (unpaired) electrons. The Balaban J connectivity index is 2.02. The van der Waals surface area contributed by atoms with Gasteiger partial charge in [-0.2, -0.15) is 0 Å². The molecule has 0 bridgehead atoms. The Labute approximate surface area is 131 Å². The van der Waals surface area contributed by atoms with E-state index in [9.17, 15) is 24.1 Å². The van der Waals surface area contributed by atoms with Gasteiger partial charge in [0.1, 0.15) is 0 Å². The molecule has 23 heavy (non-hydrogen) atoms. The quantitative estimate of drug-likeness (QED) is 0.386. The van der Waals surface area contributed by atoms with E-state index in [-0.39, 0.29) is 11.3 Å². The molecule has 1 heterocycles. The summed E-state index contributed by atoms with van der Waals surface area (Å²) in [5, 5.41) is 13.0. The second kappa shape index (κ2) is 7.59. The highest BCUT2D eigenvalue weighted by Gasteiger charge is 2.22. The van der Waals surface area contributed by atoms with Crippen LogP contribution < -0.4 is 5.32 Å². The molecule has 1 aliphatic heterocycles. The van der Waals surface area contributed by atoms with Gasteiger partial charge in [-0.3, -0.25) is 19.7 Å². The molecule has 8 heteroatoms. The summed E-state index contributed by atoms with van der Waals surface area (Å²) in [5.74, 6) is -2.56. The van der Waals surface area contributed by atoms with Gasteiger partial charge < -0.3 is 10.1 Å². The van der Waals surface area contributed by atoms with Crippen LogP contribution in [0, 0.1) is 10.1 Å². The number of nitrogens with one attached hydrogen (secondary N) is 1. The van der Waals surface area contributed by atoms with Gasteiger partial charge in [-0.15, -0.1) is 0 Å². The summed E-state index contributed by atoms with van der Waals surface area (Å²) in [5.41, 5.74) is -0.126. The minimum Gasteiger partial charge on any atom is -0.381 e. The zero-order valence-corrected chi connectivity index (χ0v) is 12.2. The number of ether oxygens (including phenoxy) is 1. The van der Waals surface area contributed by atoms with Gasteiger partial charge >= 0.3 is 0 Å². The Bertz CT molecular complexity index is 664. The van der Waals surface area contributed by atoms with Crippen molar-refractivity contribution in [2.24, 2.45) is 0 Å². The highest BCUT2D eigenvalue weighted by atomic mass is 19.1. The number of hydrogen-bond acceptors (Lipinski definition) is 5. The molecule has 0 spiro atoms. The molecule has 122 valence electrons. The first-order valence-corrected chi connectivity index (χ1v) is 7.00. The van der Waals surface area contributed by atoms with Crippen molar-refractivity contribution in [1.29, 1.82) is 0 Å². The largest absolute Gasteiger partial charge is 0.381 e. The molecular formula is C15H15FN2O5. The number of benzene rings is 1. The molecule has 1 aliphatic rings. The van der Waals surface area contributed by atoms with Gasteiger partial charge in [0, 0.05) is 6.07 Å². The highest BCUT2D eigenvalue weighted by Crippen LogP contribution is 2.20. The first-order valence-electron chi connectivity index (χ1n) is 7.00. The van der Waals surface area contributed by atoms with Crippen LogP contribution in [-0.2, 0) is 9.53 Å². The molecule has 0 aromatic heterocycles. The van der Waals surface area contributed by atoms with Crippen molar-refractivity contribution >= 4 is 17.4 Å². The summed E-state index contributed by atoms with van der Waals surface area (Å²) >= 11 is 0. The lowest BCUT2D eigenvalue weighted by Crippen LogP contribution is -2.31. The fourth-order valence-corrected chi connectivity index (χ4v) is 2.20. The lowest BCUT2D eigenvalue weighted by Gasteiger charge is -2.15. The molecule has 1 saturated heterocycles. The number of nitro benzene ring substituents is 1. The number of nitrogens with zero attached hydrogens (tertiary/aromatic N) is 1. The van der Waals surface area contributed by atoms with E-state index in [1.807, 2.05) is 0 Å². The number of Topliss-reactive ketones (excluding diaryl/α,β-unsaturated/α-hetero) is 1. The lowest BCUT2D eigenvalue weighted by molar-refractivity contribution is -0.385. The average Bonchev–Trinajstić information content (AvgIpc) is 2.59. The maximum absolute atomic E-state index is 13.9. The second-order valence-corrected chi connectivity index (χ2v) is 4.91. The molecule has 2 rings (SSSR count). The fourth-order valence-electron chi connectivity index (χ4n) is 2.20. The van der Waals surface area contributed by atoms with E-state index in [1.165, 1.54) is 24.3 Å². The monoisotopic (exact) mass is 322 g/mol. The Morgan fingerprint density at radius 3 is 2.57 bits per heavy atom. The summed E-state index contributed by atoms with van der Waals surface area (Å²) in [6.07, 6.45) is 0.661. The van der Waals surface area contributed by atoms with Crippen LogP contribution in [0.15, 0.2) is 35.7 Å². The third kappa shape index (κ3) is 4.19. The SMILES string of the molecule is O=C(NCC(=O)c1ccccc1[N+](=O)[O-])C(F)=C1CCOCC1. The van der Waals surface area contributed by atoms with Crippen LogP contribution >= 0.6 is 0 Å². The van der Waals surface area contributed by atoms with E-state index in [2.05, 4.69) is 5.32 Å². The van der Waals surface area contributed by atoms with E-state index in [4.69, 9.17) is 4.74 Å². The van der Waals surface area contributed by atoms with Crippen LogP contribution in [-0.4, -0.2) is 36.4 Å². The average molecular weight is 322 g/mol. The molecule has 1 aromatic rings. The minimum atomic E-state index is -0.992. The first kappa shape index (κ1) is 16.8. The van der Waals surface area contributed by atoms with Gasteiger partial charge in [-0.1, -0.05) is 12.1 Å². The van der Waals surface area contributed by atoms with Gasteiger partial charge in [-0.25, -0.2) is 4.39 Å². The molecule has 0 aliphatic carbocycles. The Morgan fingerprint density at radius 1 is 1.26 bits per heavy atom. The molecule has 0 atom stereocenters. The third-order valence-electron chi connectivity index (χ3n) is 3.42. The summed E-state index contributed by atoms with van der Waals surface area (Å²) in [6.45, 7) is 0.192. The zero-order chi connectivity index (χ0) is 16.8. The van der Waals surface area contributed by atoms with Crippen molar-refractivity contribution in [3.8, 4) is 0 Å². The first-order chi connectivity index (χ1) is 11.0. The summed E-state index contributed by atoms with van der Waals surface area (Å²) in [7, 11) is 0. The predicted octanol–water partition coefficient (Wildman–Crippen LogP) is 1.93. The van der Waals surface area contributed by atoms with Crippen LogP contribution in [0.2, 0.25) is 0 Å². The van der Waals surface area contributed by atoms with Crippen molar-refractivity contribution in [2.75, 3.05) is 19.8 Å². The summed E-state index contributed by atoms with van der Waals surface area (Å²) in [6, 6.07) is 5.40. The van der Waals surface area contributed by atoms with E-state index in [1.54, 1.807) is 0 Å². The second-order valence-electron chi connectivity index (χ2n) is 4.91. The van der Waals surface area contributed by atoms with Crippen molar-refractivity contribution < 1.29 is 23.6 Å². The topological polar surface area (TPSA) is 98.5 Å². The predicted molar refractivity (Wildman–Crippen MR) is 78.6 cm³/mol. The van der Waals surface area contributed by atoms with Crippen LogP contribution in [0.1, 0.15) is 23.2 Å². The number of ketones is 1. The Hall–Kier alpha value is -2.61. The van der Waals surface area contributed by atoms with Crippen LogP contribution in [0.5, 0.6) is 0 Å². The number of rotatable bonds is 5. The number of amides is 1. The van der Waals surface area contributed by atoms with Crippen molar-refractivity contribution in [1.82, 2.24) is 5.32 Å². The summed E-state index contributed by atoms with van der Waals surface area (Å²) < 4.78 is 19.0. The standard InChI is InChI=1S/C15H15FN2O5/c16-14(10-5-7-23-8-6-10)15(20)17-9-13(19)11-3-1-2-4-12(11)18(21)22/h1-4H,5-9H2,(H,17,20). The van der Waals surface area contributed by atoms with Crippen LogP contribution in [0.25, 0.3) is 0 Å². The Morgan fingerprint density at radius 2 is 1.91 bits per heavy atom. The maximum Gasteiger partial charge on any atom is 0.280 e. The number of para-hydroxylation sites is 1. The number of nitro groups is 1. The van der Waals surface area contributed by atoms with Crippen LogP contribution in [0.3, 0.4) is 0 Å². The van der Waals surface area contributed by atoms with Gasteiger partial charge in [0.2, 0.25) is 0 Å². The highest BCUT2D eigenvalue weighted by molar-refractivity contribution is 6.03. The smallest absolute Gasteiger partial charge is 0.280 e. The maximum atomic E-state index is 13.9. The molecule has 1 N–H and O–H groups in total. The lowest BCUT2D eigenvalue weighted by atomic mass is 10.1. The van der Waals surface area contributed by atoms with Gasteiger partial charge in [0.15, 0.2) is 11.6 Å². The van der Waals surface area contributed by atoms with E-state index < -0.39 is 29.0 Å². The molecule has 0 saturated carbocycles.